The Hall–Kier alpha value is -2.18. The van der Waals surface area contributed by atoms with Crippen LogP contribution in [0.5, 0.6) is 11.5 Å². The van der Waals surface area contributed by atoms with Gasteiger partial charge in [0.05, 0.1) is 12.0 Å². The zero-order valence-corrected chi connectivity index (χ0v) is 16.1. The van der Waals surface area contributed by atoms with Gasteiger partial charge in [0.15, 0.2) is 11.5 Å². The van der Waals surface area contributed by atoms with Crippen LogP contribution in [-0.2, 0) is 4.79 Å². The van der Waals surface area contributed by atoms with Crippen LogP contribution in [-0.4, -0.2) is 42.1 Å². The van der Waals surface area contributed by atoms with E-state index in [0.29, 0.717) is 6.54 Å². The quantitative estimate of drug-likeness (QED) is 0.785. The summed E-state index contributed by atoms with van der Waals surface area (Å²) in [4.78, 5) is 15.1. The summed E-state index contributed by atoms with van der Waals surface area (Å²) >= 11 is 1.71. The summed E-state index contributed by atoms with van der Waals surface area (Å²) in [5.74, 6) is 0.491. The van der Waals surface area contributed by atoms with Crippen molar-refractivity contribution in [3.8, 4) is 11.5 Å². The highest BCUT2D eigenvalue weighted by Gasteiger charge is 2.32. The van der Waals surface area contributed by atoms with Gasteiger partial charge in [0.1, 0.15) is 0 Å². The Kier molecular flexibility index (Phi) is 5.27. The third-order valence-corrected chi connectivity index (χ3v) is 6.05. The first kappa shape index (κ1) is 18.2. The summed E-state index contributed by atoms with van der Waals surface area (Å²) in [6.07, 6.45) is 3.69. The largest absolute Gasteiger partial charge is 0.481 e. The van der Waals surface area contributed by atoms with Crippen LogP contribution in [0.25, 0.3) is 0 Å². The van der Waals surface area contributed by atoms with Gasteiger partial charge >= 0.3 is 5.97 Å². The number of piperidine rings is 1. The van der Waals surface area contributed by atoms with E-state index in [1.807, 2.05) is 12.1 Å². The molecule has 2 atom stereocenters. The molecule has 6 heteroatoms. The van der Waals surface area contributed by atoms with Gasteiger partial charge in [0.2, 0.25) is 6.79 Å². The van der Waals surface area contributed by atoms with E-state index in [0.717, 1.165) is 42.0 Å². The number of benzene rings is 2. The van der Waals surface area contributed by atoms with Gasteiger partial charge in [-0.3, -0.25) is 9.69 Å². The zero-order valence-electron chi connectivity index (χ0n) is 15.3. The van der Waals surface area contributed by atoms with Crippen molar-refractivity contribution in [2.45, 2.75) is 23.8 Å². The minimum atomic E-state index is -0.707. The van der Waals surface area contributed by atoms with Gasteiger partial charge in [-0.1, -0.05) is 18.2 Å². The lowest BCUT2D eigenvalue weighted by Crippen LogP contribution is -2.41. The predicted octanol–water partition coefficient (Wildman–Crippen LogP) is 4.02. The second-order valence-electron chi connectivity index (χ2n) is 6.96. The minimum absolute atomic E-state index is 0.00226. The number of carboxylic acid groups (broad SMARTS) is 1. The van der Waals surface area contributed by atoms with Gasteiger partial charge in [-0.15, -0.1) is 11.8 Å². The van der Waals surface area contributed by atoms with Crippen LogP contribution >= 0.6 is 11.8 Å². The second kappa shape index (κ2) is 7.82. The van der Waals surface area contributed by atoms with Crippen LogP contribution in [0.4, 0.5) is 0 Å². The summed E-state index contributed by atoms with van der Waals surface area (Å²) in [5.41, 5.74) is 2.26. The minimum Gasteiger partial charge on any atom is -0.481 e. The average Bonchev–Trinajstić information content (AvgIpc) is 3.17. The molecule has 0 radical (unpaired) electrons. The first-order valence-corrected chi connectivity index (χ1v) is 10.4. The molecule has 0 spiro atoms. The molecule has 0 saturated carbocycles. The number of hydrogen-bond donors (Lipinski definition) is 1. The van der Waals surface area contributed by atoms with Crippen LogP contribution in [0.1, 0.15) is 30.0 Å². The number of hydrogen-bond acceptors (Lipinski definition) is 5. The summed E-state index contributed by atoms with van der Waals surface area (Å²) in [6, 6.07) is 14.6. The van der Waals surface area contributed by atoms with E-state index >= 15 is 0 Å². The van der Waals surface area contributed by atoms with E-state index < -0.39 is 5.97 Å². The Labute approximate surface area is 163 Å². The molecule has 4 rings (SSSR count). The van der Waals surface area contributed by atoms with Crippen molar-refractivity contribution in [2.75, 3.05) is 26.1 Å². The highest BCUT2D eigenvalue weighted by Crippen LogP contribution is 2.39. The number of nitrogens with zero attached hydrogens (tertiary/aromatic N) is 1. The van der Waals surface area contributed by atoms with Gasteiger partial charge in [-0.25, -0.2) is 0 Å². The van der Waals surface area contributed by atoms with Gasteiger partial charge in [0.25, 0.3) is 0 Å². The van der Waals surface area contributed by atoms with Crippen molar-refractivity contribution in [1.29, 1.82) is 0 Å². The summed E-state index contributed by atoms with van der Waals surface area (Å²) in [6.45, 7) is 1.68. The van der Waals surface area contributed by atoms with E-state index in [1.165, 1.54) is 4.90 Å². The predicted molar refractivity (Wildman–Crippen MR) is 105 cm³/mol. The highest BCUT2D eigenvalue weighted by atomic mass is 32.2. The average molecular weight is 385 g/mol. The number of rotatable bonds is 5. The monoisotopic (exact) mass is 385 g/mol. The van der Waals surface area contributed by atoms with E-state index in [-0.39, 0.29) is 18.8 Å². The highest BCUT2D eigenvalue weighted by molar-refractivity contribution is 7.98. The molecule has 1 fully saturated rings. The number of carboxylic acids is 1. The maximum Gasteiger partial charge on any atom is 0.307 e. The van der Waals surface area contributed by atoms with Crippen LogP contribution in [0, 0.1) is 5.92 Å². The summed E-state index contributed by atoms with van der Waals surface area (Å²) in [5, 5.41) is 9.51. The number of likely N-dealkylation sites (tertiary alicyclic amines) is 1. The Morgan fingerprint density at radius 2 is 1.89 bits per heavy atom. The van der Waals surface area contributed by atoms with E-state index in [9.17, 15) is 9.90 Å². The molecule has 5 nitrogen and oxygen atoms in total. The molecule has 2 heterocycles. The molecule has 0 aliphatic carbocycles. The fourth-order valence-electron chi connectivity index (χ4n) is 3.93. The van der Waals surface area contributed by atoms with E-state index in [2.05, 4.69) is 41.5 Å². The molecule has 0 aromatic heterocycles. The lowest BCUT2D eigenvalue weighted by Gasteiger charge is -2.37. The van der Waals surface area contributed by atoms with Crippen molar-refractivity contribution in [3.05, 3.63) is 53.6 Å². The van der Waals surface area contributed by atoms with Crippen molar-refractivity contribution in [3.63, 3.8) is 0 Å². The normalized spacial score (nSPS) is 20.4. The van der Waals surface area contributed by atoms with E-state index in [4.69, 9.17) is 9.47 Å². The molecule has 2 aromatic rings. The molecule has 2 aromatic carbocycles. The molecule has 2 unspecified atom stereocenters. The maximum atomic E-state index is 11.6. The molecule has 1 N–H and O–H groups in total. The van der Waals surface area contributed by atoms with Gasteiger partial charge in [-0.05, 0) is 61.0 Å². The Morgan fingerprint density at radius 3 is 2.63 bits per heavy atom. The van der Waals surface area contributed by atoms with Crippen molar-refractivity contribution >= 4 is 17.7 Å². The molecule has 2 aliphatic rings. The molecule has 142 valence electrons. The number of ether oxygens (including phenoxy) is 2. The fraction of sp³-hybridized carbons (Fsp3) is 0.381. The van der Waals surface area contributed by atoms with Crippen LogP contribution < -0.4 is 9.47 Å². The SMILES string of the molecule is CSc1ccc(C(c2ccc3c(c2)OCO3)N2CCCC(C(=O)O)C2)cc1. The Balaban J connectivity index is 1.71. The fourth-order valence-corrected chi connectivity index (χ4v) is 4.33. The van der Waals surface area contributed by atoms with Crippen molar-refractivity contribution < 1.29 is 19.4 Å². The summed E-state index contributed by atoms with van der Waals surface area (Å²) < 4.78 is 11.0. The summed E-state index contributed by atoms with van der Waals surface area (Å²) in [7, 11) is 0. The molecule has 0 amide bonds. The number of aliphatic carboxylic acids is 1. The van der Waals surface area contributed by atoms with Crippen LogP contribution in [0.3, 0.4) is 0 Å². The molecule has 0 bridgehead atoms. The first-order chi connectivity index (χ1) is 13.2. The van der Waals surface area contributed by atoms with Gasteiger partial charge in [-0.2, -0.15) is 0 Å². The zero-order chi connectivity index (χ0) is 18.8. The third-order valence-electron chi connectivity index (χ3n) is 5.31. The number of fused-ring (bicyclic) bond motifs is 1. The maximum absolute atomic E-state index is 11.6. The number of thioether (sulfide) groups is 1. The lowest BCUT2D eigenvalue weighted by atomic mass is 9.91. The smallest absolute Gasteiger partial charge is 0.307 e. The lowest BCUT2D eigenvalue weighted by molar-refractivity contribution is -0.143. The van der Waals surface area contributed by atoms with Crippen molar-refractivity contribution in [1.82, 2.24) is 4.90 Å². The molecule has 27 heavy (non-hydrogen) atoms. The first-order valence-electron chi connectivity index (χ1n) is 9.16. The van der Waals surface area contributed by atoms with Crippen LogP contribution in [0.2, 0.25) is 0 Å². The topological polar surface area (TPSA) is 59.0 Å². The third kappa shape index (κ3) is 3.77. The van der Waals surface area contributed by atoms with Gasteiger partial charge in [0, 0.05) is 11.4 Å². The molecular weight excluding hydrogens is 362 g/mol. The van der Waals surface area contributed by atoms with Crippen molar-refractivity contribution in [2.24, 2.45) is 5.92 Å². The van der Waals surface area contributed by atoms with Gasteiger partial charge < -0.3 is 14.6 Å². The Morgan fingerprint density at radius 1 is 1.15 bits per heavy atom. The van der Waals surface area contributed by atoms with Crippen LogP contribution in [0.15, 0.2) is 47.4 Å². The molecule has 2 aliphatic heterocycles. The number of carbonyl (C=O) groups is 1. The standard InChI is InChI=1S/C21H23NO4S/c1-27-17-7-4-14(5-8-17)20(22-10-2-3-16(12-22)21(23)24)15-6-9-18-19(11-15)26-13-25-18/h4-9,11,16,20H,2-3,10,12-13H2,1H3,(H,23,24). The Bertz CT molecular complexity index is 823. The molecular formula is C21H23NO4S. The second-order valence-corrected chi connectivity index (χ2v) is 7.84. The molecule has 1 saturated heterocycles. The van der Waals surface area contributed by atoms with E-state index in [1.54, 1.807) is 11.8 Å².